The molecule has 2 heterocycles. The Labute approximate surface area is 113 Å². The normalized spacial score (nSPS) is 10.4. The molecule has 2 rings (SSSR count). The lowest BCUT2D eigenvalue weighted by atomic mass is 10.4. The molecule has 0 aromatic carbocycles. The van der Waals surface area contributed by atoms with Crippen LogP contribution >= 0.6 is 43.2 Å². The van der Waals surface area contributed by atoms with Crippen molar-refractivity contribution >= 4 is 49.1 Å². The van der Waals surface area contributed by atoms with E-state index in [-0.39, 0.29) is 5.91 Å². The molecule has 6 heteroatoms. The quantitative estimate of drug-likeness (QED) is 0.900. The molecule has 0 fully saturated rings. The molecule has 3 nitrogen and oxygen atoms in total. The first-order chi connectivity index (χ1) is 7.66. The number of furan rings is 1. The molecule has 0 atom stereocenters. The van der Waals surface area contributed by atoms with Crippen LogP contribution < -0.4 is 5.32 Å². The van der Waals surface area contributed by atoms with E-state index in [9.17, 15) is 4.79 Å². The molecule has 0 aliphatic rings. The van der Waals surface area contributed by atoms with Gasteiger partial charge in [-0.25, -0.2) is 0 Å². The number of rotatable bonds is 3. The van der Waals surface area contributed by atoms with Crippen LogP contribution in [0.4, 0.5) is 0 Å². The van der Waals surface area contributed by atoms with Crippen molar-refractivity contribution in [2.45, 2.75) is 6.54 Å². The number of halogens is 2. The SMILES string of the molecule is O=C(NCc1sccc1Br)c1ccc(Br)o1. The monoisotopic (exact) mass is 363 g/mol. The predicted octanol–water partition coefficient (Wildman–Crippen LogP) is 3.80. The maximum Gasteiger partial charge on any atom is 0.287 e. The van der Waals surface area contributed by atoms with Gasteiger partial charge < -0.3 is 9.73 Å². The molecule has 0 aliphatic carbocycles. The van der Waals surface area contributed by atoms with Crippen molar-refractivity contribution in [1.82, 2.24) is 5.32 Å². The van der Waals surface area contributed by atoms with Crippen LogP contribution in [0.1, 0.15) is 15.4 Å². The van der Waals surface area contributed by atoms with Crippen LogP contribution in [0.25, 0.3) is 0 Å². The summed E-state index contributed by atoms with van der Waals surface area (Å²) in [7, 11) is 0. The lowest BCUT2D eigenvalue weighted by Crippen LogP contribution is -2.21. The fourth-order valence-corrected chi connectivity index (χ4v) is 2.87. The number of nitrogens with one attached hydrogen (secondary N) is 1. The number of hydrogen-bond donors (Lipinski definition) is 1. The van der Waals surface area contributed by atoms with Crippen molar-refractivity contribution in [2.24, 2.45) is 0 Å². The Kier molecular flexibility index (Phi) is 3.83. The molecule has 1 amide bonds. The van der Waals surface area contributed by atoms with E-state index in [0.717, 1.165) is 9.35 Å². The number of hydrogen-bond acceptors (Lipinski definition) is 3. The van der Waals surface area contributed by atoms with E-state index in [1.807, 2.05) is 11.4 Å². The Morgan fingerprint density at radius 1 is 1.38 bits per heavy atom. The second-order valence-corrected chi connectivity index (χ2v) is 5.61. The van der Waals surface area contributed by atoms with Crippen molar-refractivity contribution in [3.8, 4) is 0 Å². The summed E-state index contributed by atoms with van der Waals surface area (Å²) >= 11 is 8.15. The van der Waals surface area contributed by atoms with Gasteiger partial charge in [-0.3, -0.25) is 4.79 Å². The molecule has 0 bridgehead atoms. The molecule has 1 N–H and O–H groups in total. The van der Waals surface area contributed by atoms with Gasteiger partial charge in [0, 0.05) is 9.35 Å². The number of thiophene rings is 1. The molecule has 0 aliphatic heterocycles. The minimum absolute atomic E-state index is 0.217. The maximum absolute atomic E-state index is 11.6. The summed E-state index contributed by atoms with van der Waals surface area (Å²) in [4.78, 5) is 12.7. The van der Waals surface area contributed by atoms with Crippen molar-refractivity contribution in [2.75, 3.05) is 0 Å². The highest BCUT2D eigenvalue weighted by atomic mass is 79.9. The van der Waals surface area contributed by atoms with Gasteiger partial charge in [0.25, 0.3) is 5.91 Å². The summed E-state index contributed by atoms with van der Waals surface area (Å²) in [5, 5.41) is 4.75. The maximum atomic E-state index is 11.6. The van der Waals surface area contributed by atoms with Gasteiger partial charge in [-0.2, -0.15) is 0 Å². The Bertz CT molecular complexity index is 506. The summed E-state index contributed by atoms with van der Waals surface area (Å²) in [6.45, 7) is 0.495. The van der Waals surface area contributed by atoms with Crippen LogP contribution in [0, 0.1) is 0 Å². The molecular formula is C10H7Br2NO2S. The molecule has 0 spiro atoms. The van der Waals surface area contributed by atoms with Gasteiger partial charge in [-0.05, 0) is 55.4 Å². The highest BCUT2D eigenvalue weighted by Crippen LogP contribution is 2.22. The molecule has 84 valence electrons. The van der Waals surface area contributed by atoms with E-state index < -0.39 is 0 Å². The van der Waals surface area contributed by atoms with Crippen LogP contribution in [-0.4, -0.2) is 5.91 Å². The van der Waals surface area contributed by atoms with E-state index in [0.29, 0.717) is 17.0 Å². The standard InChI is InChI=1S/C10H7Br2NO2S/c11-6-3-4-16-8(6)5-13-10(14)7-1-2-9(12)15-7/h1-4H,5H2,(H,13,14). The first kappa shape index (κ1) is 11.9. The average Bonchev–Trinajstić information content (AvgIpc) is 2.84. The van der Waals surface area contributed by atoms with E-state index in [2.05, 4.69) is 37.2 Å². The highest BCUT2D eigenvalue weighted by molar-refractivity contribution is 9.10. The Hall–Kier alpha value is -0.590. The largest absolute Gasteiger partial charge is 0.444 e. The number of carbonyl (C=O) groups excluding carboxylic acids is 1. The minimum atomic E-state index is -0.217. The van der Waals surface area contributed by atoms with Gasteiger partial charge in [-0.15, -0.1) is 11.3 Å². The molecule has 16 heavy (non-hydrogen) atoms. The first-order valence-corrected chi connectivity index (χ1v) is 6.89. The second-order valence-electron chi connectivity index (χ2n) is 2.98. The highest BCUT2D eigenvalue weighted by Gasteiger charge is 2.10. The van der Waals surface area contributed by atoms with Crippen LogP contribution in [0.3, 0.4) is 0 Å². The number of carbonyl (C=O) groups is 1. The lowest BCUT2D eigenvalue weighted by Gasteiger charge is -2.01. The third-order valence-corrected chi connectivity index (χ3v) is 4.25. The summed E-state index contributed by atoms with van der Waals surface area (Å²) in [6, 6.07) is 5.27. The van der Waals surface area contributed by atoms with E-state index in [1.165, 1.54) is 0 Å². The third-order valence-electron chi connectivity index (χ3n) is 1.90. The average molecular weight is 365 g/mol. The molecule has 0 unspecified atom stereocenters. The molecule has 0 saturated carbocycles. The summed E-state index contributed by atoms with van der Waals surface area (Å²) < 4.78 is 6.71. The molecule has 2 aromatic heterocycles. The molecule has 0 saturated heterocycles. The Balaban J connectivity index is 1.96. The van der Waals surface area contributed by atoms with Gasteiger partial charge in [0.2, 0.25) is 0 Å². The molecular weight excluding hydrogens is 358 g/mol. The molecule has 2 aromatic rings. The van der Waals surface area contributed by atoms with E-state index in [4.69, 9.17) is 4.42 Å². The zero-order chi connectivity index (χ0) is 11.5. The fourth-order valence-electron chi connectivity index (χ4n) is 1.14. The topological polar surface area (TPSA) is 42.2 Å². The van der Waals surface area contributed by atoms with Crippen LogP contribution in [-0.2, 0) is 6.54 Å². The third kappa shape index (κ3) is 2.75. The number of amides is 1. The Morgan fingerprint density at radius 3 is 2.75 bits per heavy atom. The van der Waals surface area contributed by atoms with Crippen molar-refractivity contribution < 1.29 is 9.21 Å². The fraction of sp³-hybridized carbons (Fsp3) is 0.100. The van der Waals surface area contributed by atoms with Crippen molar-refractivity contribution in [1.29, 1.82) is 0 Å². The lowest BCUT2D eigenvalue weighted by molar-refractivity contribution is 0.0922. The van der Waals surface area contributed by atoms with Crippen molar-refractivity contribution in [3.05, 3.63) is 43.4 Å². The van der Waals surface area contributed by atoms with Gasteiger partial charge >= 0.3 is 0 Å². The van der Waals surface area contributed by atoms with Crippen LogP contribution in [0.2, 0.25) is 0 Å². The Morgan fingerprint density at radius 2 is 2.19 bits per heavy atom. The molecule has 0 radical (unpaired) electrons. The summed E-state index contributed by atoms with van der Waals surface area (Å²) in [6.07, 6.45) is 0. The zero-order valence-corrected chi connectivity index (χ0v) is 12.0. The van der Waals surface area contributed by atoms with Gasteiger partial charge in [0.1, 0.15) is 0 Å². The predicted molar refractivity (Wildman–Crippen MR) is 69.6 cm³/mol. The zero-order valence-electron chi connectivity index (χ0n) is 8.00. The van der Waals surface area contributed by atoms with Crippen LogP contribution in [0.5, 0.6) is 0 Å². The van der Waals surface area contributed by atoms with Gasteiger partial charge in [0.15, 0.2) is 10.4 Å². The summed E-state index contributed by atoms with van der Waals surface area (Å²) in [5.41, 5.74) is 0. The van der Waals surface area contributed by atoms with Gasteiger partial charge in [-0.1, -0.05) is 0 Å². The smallest absolute Gasteiger partial charge is 0.287 e. The first-order valence-electron chi connectivity index (χ1n) is 4.42. The second kappa shape index (κ2) is 5.16. The van der Waals surface area contributed by atoms with Gasteiger partial charge in [0.05, 0.1) is 6.54 Å². The van der Waals surface area contributed by atoms with Crippen molar-refractivity contribution in [3.63, 3.8) is 0 Å². The summed E-state index contributed by atoms with van der Waals surface area (Å²) in [5.74, 6) is 0.0885. The van der Waals surface area contributed by atoms with E-state index in [1.54, 1.807) is 23.5 Å². The van der Waals surface area contributed by atoms with E-state index >= 15 is 0 Å². The van der Waals surface area contributed by atoms with Crippen LogP contribution in [0.15, 0.2) is 37.1 Å². The minimum Gasteiger partial charge on any atom is -0.444 e.